The SMILES string of the molecule is Cc1cc(N2CC(CS(=O)(=O)Cl)CC2=O)nc(C)c1Br. The normalized spacial score (nSPS) is 19.7. The van der Waals surface area contributed by atoms with Crippen LogP contribution in [0, 0.1) is 19.8 Å². The molecule has 1 amide bonds. The summed E-state index contributed by atoms with van der Waals surface area (Å²) in [7, 11) is 1.65. The molecule has 20 heavy (non-hydrogen) atoms. The van der Waals surface area contributed by atoms with E-state index < -0.39 is 9.05 Å². The van der Waals surface area contributed by atoms with Gasteiger partial charge in [0.25, 0.3) is 0 Å². The molecule has 1 saturated heterocycles. The van der Waals surface area contributed by atoms with Crippen LogP contribution < -0.4 is 4.90 Å². The molecule has 1 unspecified atom stereocenters. The molecular formula is C12H14BrClN2O3S. The predicted molar refractivity (Wildman–Crippen MR) is 81.5 cm³/mol. The minimum Gasteiger partial charge on any atom is -0.296 e. The Labute approximate surface area is 130 Å². The zero-order valence-corrected chi connectivity index (χ0v) is 14.2. The number of halogens is 2. The highest BCUT2D eigenvalue weighted by molar-refractivity contribution is 9.10. The highest BCUT2D eigenvalue weighted by Crippen LogP contribution is 2.29. The first-order valence-corrected chi connectivity index (χ1v) is 9.31. The number of hydrogen-bond acceptors (Lipinski definition) is 4. The summed E-state index contributed by atoms with van der Waals surface area (Å²) >= 11 is 3.43. The first kappa shape index (κ1) is 15.7. The van der Waals surface area contributed by atoms with Crippen molar-refractivity contribution in [1.82, 2.24) is 4.98 Å². The fourth-order valence-electron chi connectivity index (χ4n) is 2.33. The van der Waals surface area contributed by atoms with E-state index in [2.05, 4.69) is 20.9 Å². The third kappa shape index (κ3) is 3.51. The fraction of sp³-hybridized carbons (Fsp3) is 0.500. The number of hydrogen-bond donors (Lipinski definition) is 0. The molecule has 1 aliphatic rings. The summed E-state index contributed by atoms with van der Waals surface area (Å²) in [5, 5.41) is 0. The summed E-state index contributed by atoms with van der Waals surface area (Å²) in [5.74, 6) is -0.0339. The lowest BCUT2D eigenvalue weighted by molar-refractivity contribution is -0.117. The van der Waals surface area contributed by atoms with E-state index in [1.807, 2.05) is 19.9 Å². The quantitative estimate of drug-likeness (QED) is 0.754. The van der Waals surface area contributed by atoms with Crippen molar-refractivity contribution in [1.29, 1.82) is 0 Å². The second-order valence-corrected chi connectivity index (χ2v) is 8.59. The van der Waals surface area contributed by atoms with Gasteiger partial charge in [0.15, 0.2) is 0 Å². The largest absolute Gasteiger partial charge is 0.296 e. The summed E-state index contributed by atoms with van der Waals surface area (Å²) in [6.45, 7) is 4.10. The van der Waals surface area contributed by atoms with Crippen molar-refractivity contribution < 1.29 is 13.2 Å². The van der Waals surface area contributed by atoms with Gasteiger partial charge in [0.1, 0.15) is 5.82 Å². The smallest absolute Gasteiger partial charge is 0.232 e. The average Bonchev–Trinajstić information content (AvgIpc) is 2.63. The van der Waals surface area contributed by atoms with Gasteiger partial charge in [0, 0.05) is 34.0 Å². The maximum atomic E-state index is 12.0. The van der Waals surface area contributed by atoms with Crippen molar-refractivity contribution in [2.75, 3.05) is 17.2 Å². The van der Waals surface area contributed by atoms with Gasteiger partial charge in [-0.15, -0.1) is 0 Å². The standard InChI is InChI=1S/C12H14BrClN2O3S/c1-7-3-10(15-8(2)12(7)13)16-5-9(4-11(16)17)6-20(14,18)19/h3,9H,4-6H2,1-2H3. The van der Waals surface area contributed by atoms with Crippen LogP contribution in [0.1, 0.15) is 17.7 Å². The molecule has 0 radical (unpaired) electrons. The van der Waals surface area contributed by atoms with Gasteiger partial charge in [-0.1, -0.05) is 0 Å². The average molecular weight is 382 g/mol. The number of carbonyl (C=O) groups excluding carboxylic acids is 1. The first-order chi connectivity index (χ1) is 9.17. The lowest BCUT2D eigenvalue weighted by Gasteiger charge is -2.17. The molecule has 0 aliphatic carbocycles. The molecule has 5 nitrogen and oxygen atoms in total. The molecule has 0 bridgehead atoms. The van der Waals surface area contributed by atoms with Crippen LogP contribution in [-0.2, 0) is 13.8 Å². The Balaban J connectivity index is 2.24. The van der Waals surface area contributed by atoms with Crippen LogP contribution in [0.3, 0.4) is 0 Å². The van der Waals surface area contributed by atoms with E-state index in [0.29, 0.717) is 12.4 Å². The number of nitrogens with zero attached hydrogens (tertiary/aromatic N) is 2. The van der Waals surface area contributed by atoms with Crippen molar-refractivity contribution >= 4 is 47.4 Å². The third-order valence-corrected chi connectivity index (χ3v) is 5.65. The number of carbonyl (C=O) groups is 1. The first-order valence-electron chi connectivity index (χ1n) is 6.04. The third-order valence-electron chi connectivity index (χ3n) is 3.21. The van der Waals surface area contributed by atoms with Crippen molar-refractivity contribution in [3.05, 3.63) is 21.8 Å². The predicted octanol–water partition coefficient (Wildman–Crippen LogP) is 2.38. The Hall–Kier alpha value is -0.660. The van der Waals surface area contributed by atoms with Crippen LogP contribution in [0.4, 0.5) is 5.82 Å². The Morgan fingerprint density at radius 3 is 2.70 bits per heavy atom. The van der Waals surface area contributed by atoms with E-state index in [-0.39, 0.29) is 24.0 Å². The zero-order valence-electron chi connectivity index (χ0n) is 11.1. The zero-order chi connectivity index (χ0) is 15.1. The minimum atomic E-state index is -3.59. The van der Waals surface area contributed by atoms with E-state index in [1.165, 1.54) is 4.90 Å². The molecule has 0 N–H and O–H groups in total. The van der Waals surface area contributed by atoms with Crippen LogP contribution >= 0.6 is 26.6 Å². The second-order valence-electron chi connectivity index (χ2n) is 4.98. The van der Waals surface area contributed by atoms with Crippen LogP contribution in [0.25, 0.3) is 0 Å². The van der Waals surface area contributed by atoms with Gasteiger partial charge >= 0.3 is 0 Å². The van der Waals surface area contributed by atoms with Crippen LogP contribution in [-0.4, -0.2) is 31.6 Å². The van der Waals surface area contributed by atoms with Crippen LogP contribution in [0.15, 0.2) is 10.5 Å². The van der Waals surface area contributed by atoms with Gasteiger partial charge in [-0.3, -0.25) is 9.69 Å². The molecular weight excluding hydrogens is 368 g/mol. The number of pyridine rings is 1. The van der Waals surface area contributed by atoms with Crippen LogP contribution in [0.2, 0.25) is 0 Å². The van der Waals surface area contributed by atoms with Crippen molar-refractivity contribution in [3.63, 3.8) is 0 Å². The molecule has 1 fully saturated rings. The van der Waals surface area contributed by atoms with Crippen molar-refractivity contribution in [2.45, 2.75) is 20.3 Å². The molecule has 1 aromatic heterocycles. The minimum absolute atomic E-state index is 0.121. The lowest BCUT2D eigenvalue weighted by atomic mass is 10.1. The van der Waals surface area contributed by atoms with Gasteiger partial charge in [-0.05, 0) is 41.4 Å². The lowest BCUT2D eigenvalue weighted by Crippen LogP contribution is -2.26. The van der Waals surface area contributed by atoms with E-state index in [0.717, 1.165) is 15.7 Å². The fourth-order valence-corrected chi connectivity index (χ4v) is 3.85. The van der Waals surface area contributed by atoms with E-state index >= 15 is 0 Å². The van der Waals surface area contributed by atoms with Gasteiger partial charge in [0.2, 0.25) is 15.0 Å². The molecule has 2 heterocycles. The topological polar surface area (TPSA) is 67.3 Å². The number of aryl methyl sites for hydroxylation is 2. The molecule has 1 aliphatic heterocycles. The van der Waals surface area contributed by atoms with Crippen LogP contribution in [0.5, 0.6) is 0 Å². The molecule has 0 spiro atoms. The van der Waals surface area contributed by atoms with Gasteiger partial charge in [-0.25, -0.2) is 13.4 Å². The highest BCUT2D eigenvalue weighted by atomic mass is 79.9. The molecule has 1 aromatic rings. The molecule has 8 heteroatoms. The van der Waals surface area contributed by atoms with E-state index in [1.54, 1.807) is 0 Å². The molecule has 2 rings (SSSR count). The molecule has 1 atom stereocenters. The van der Waals surface area contributed by atoms with E-state index in [4.69, 9.17) is 10.7 Å². The Morgan fingerprint density at radius 1 is 1.50 bits per heavy atom. The van der Waals surface area contributed by atoms with Crippen molar-refractivity contribution in [3.8, 4) is 0 Å². The number of rotatable bonds is 3. The maximum absolute atomic E-state index is 12.0. The summed E-state index contributed by atoms with van der Waals surface area (Å²) in [6.07, 6.45) is 0.182. The Kier molecular flexibility index (Phi) is 4.41. The Morgan fingerprint density at radius 2 is 2.15 bits per heavy atom. The summed E-state index contributed by atoms with van der Waals surface area (Å²) in [6, 6.07) is 1.81. The van der Waals surface area contributed by atoms with Gasteiger partial charge < -0.3 is 0 Å². The molecule has 0 saturated carbocycles. The van der Waals surface area contributed by atoms with Gasteiger partial charge in [0.05, 0.1) is 11.4 Å². The molecule has 110 valence electrons. The highest BCUT2D eigenvalue weighted by Gasteiger charge is 2.34. The molecule has 0 aromatic carbocycles. The monoisotopic (exact) mass is 380 g/mol. The Bertz CT molecular complexity index is 640. The van der Waals surface area contributed by atoms with Crippen molar-refractivity contribution in [2.24, 2.45) is 5.92 Å². The number of anilines is 1. The number of aromatic nitrogens is 1. The number of amides is 1. The second kappa shape index (κ2) is 5.61. The van der Waals surface area contributed by atoms with E-state index in [9.17, 15) is 13.2 Å². The summed E-state index contributed by atoms with van der Waals surface area (Å²) in [4.78, 5) is 17.9. The summed E-state index contributed by atoms with van der Waals surface area (Å²) < 4.78 is 23.1. The van der Waals surface area contributed by atoms with Gasteiger partial charge in [-0.2, -0.15) is 0 Å². The maximum Gasteiger partial charge on any atom is 0.232 e. The summed E-state index contributed by atoms with van der Waals surface area (Å²) in [5.41, 5.74) is 1.77.